The Labute approximate surface area is 173 Å². The van der Waals surface area contributed by atoms with Crippen LogP contribution in [0, 0.1) is 0 Å². The summed E-state index contributed by atoms with van der Waals surface area (Å²) < 4.78 is 0. The summed E-state index contributed by atoms with van der Waals surface area (Å²) in [5, 5.41) is 12.4. The second-order valence-electron chi connectivity index (χ2n) is 6.63. The van der Waals surface area contributed by atoms with E-state index >= 15 is 0 Å². The fraction of sp³-hybridized carbons (Fsp3) is 0.190. The van der Waals surface area contributed by atoms with Gasteiger partial charge in [-0.25, -0.2) is 0 Å². The van der Waals surface area contributed by atoms with Crippen LogP contribution in [0.25, 0.3) is 11.3 Å². The molecule has 4 rings (SSSR count). The third kappa shape index (κ3) is 4.11. The first-order valence-corrected chi connectivity index (χ1v) is 9.81. The lowest BCUT2D eigenvalue weighted by Gasteiger charge is -2.15. The van der Waals surface area contributed by atoms with Gasteiger partial charge in [-0.05, 0) is 55.3 Å². The Hall–Kier alpha value is -2.63. The van der Waals surface area contributed by atoms with E-state index in [-0.39, 0.29) is 5.91 Å². The van der Waals surface area contributed by atoms with E-state index in [0.717, 1.165) is 30.2 Å². The van der Waals surface area contributed by atoms with E-state index in [1.165, 1.54) is 12.8 Å². The van der Waals surface area contributed by atoms with E-state index in [1.54, 1.807) is 18.2 Å². The van der Waals surface area contributed by atoms with Crippen molar-refractivity contribution in [3.05, 3.63) is 70.2 Å². The topological polar surface area (TPSA) is 58.1 Å². The van der Waals surface area contributed by atoms with E-state index in [9.17, 15) is 4.79 Å². The Balaban J connectivity index is 1.52. The monoisotopic (exact) mass is 412 g/mol. The molecule has 2 aromatic carbocycles. The van der Waals surface area contributed by atoms with E-state index in [4.69, 9.17) is 23.2 Å². The van der Waals surface area contributed by atoms with Gasteiger partial charge in [-0.2, -0.15) is 0 Å². The minimum Gasteiger partial charge on any atom is -0.355 e. The molecule has 1 aliphatic rings. The Kier molecular flexibility index (Phi) is 5.46. The van der Waals surface area contributed by atoms with Gasteiger partial charge in [0, 0.05) is 29.4 Å². The van der Waals surface area contributed by atoms with Gasteiger partial charge in [0.1, 0.15) is 0 Å². The molecular weight excluding hydrogens is 395 g/mol. The summed E-state index contributed by atoms with van der Waals surface area (Å²) in [6.45, 7) is 2.06. The molecule has 1 aliphatic heterocycles. The lowest BCUT2D eigenvalue weighted by atomic mass is 10.1. The lowest BCUT2D eigenvalue weighted by Crippen LogP contribution is -2.19. The smallest absolute Gasteiger partial charge is 0.257 e. The molecule has 0 atom stereocenters. The molecule has 0 radical (unpaired) electrons. The predicted octanol–water partition coefficient (Wildman–Crippen LogP) is 5.30. The summed E-state index contributed by atoms with van der Waals surface area (Å²) in [5.41, 5.74) is 2.59. The fourth-order valence-electron chi connectivity index (χ4n) is 3.22. The van der Waals surface area contributed by atoms with Crippen LogP contribution >= 0.6 is 23.2 Å². The Bertz CT molecular complexity index is 1000. The first kappa shape index (κ1) is 18.7. The van der Waals surface area contributed by atoms with Gasteiger partial charge in [-0.3, -0.25) is 4.79 Å². The highest BCUT2D eigenvalue weighted by Crippen LogP contribution is 2.25. The average Bonchev–Trinajstić information content (AvgIpc) is 3.25. The number of anilines is 2. The summed E-state index contributed by atoms with van der Waals surface area (Å²) in [4.78, 5) is 14.8. The van der Waals surface area contributed by atoms with Crippen molar-refractivity contribution in [3.63, 3.8) is 0 Å². The number of aromatic nitrogens is 2. The molecule has 0 spiro atoms. The molecule has 1 aromatic heterocycles. The van der Waals surface area contributed by atoms with E-state index in [2.05, 4.69) is 20.4 Å². The molecule has 5 nitrogen and oxygen atoms in total. The second kappa shape index (κ2) is 8.17. The maximum atomic E-state index is 12.5. The van der Waals surface area contributed by atoms with Crippen molar-refractivity contribution in [2.24, 2.45) is 0 Å². The number of hydrogen-bond donors (Lipinski definition) is 1. The number of amides is 1. The lowest BCUT2D eigenvalue weighted by molar-refractivity contribution is 0.102. The minimum absolute atomic E-state index is 0.319. The summed E-state index contributed by atoms with van der Waals surface area (Å²) in [6, 6.07) is 16.2. The van der Waals surface area contributed by atoms with Gasteiger partial charge in [-0.1, -0.05) is 35.3 Å². The van der Waals surface area contributed by atoms with E-state index < -0.39 is 0 Å². The predicted molar refractivity (Wildman–Crippen MR) is 113 cm³/mol. The van der Waals surface area contributed by atoms with Crippen LogP contribution in [0.5, 0.6) is 0 Å². The summed E-state index contributed by atoms with van der Waals surface area (Å²) in [5.74, 6) is 0.585. The molecule has 0 saturated carbocycles. The van der Waals surface area contributed by atoms with Gasteiger partial charge in [-0.15, -0.1) is 10.2 Å². The third-order valence-corrected chi connectivity index (χ3v) is 5.23. The van der Waals surface area contributed by atoms with Crippen LogP contribution in [0.15, 0.2) is 54.6 Å². The van der Waals surface area contributed by atoms with Crippen LogP contribution in [-0.2, 0) is 0 Å². The zero-order valence-corrected chi connectivity index (χ0v) is 16.5. The molecule has 0 aliphatic carbocycles. The van der Waals surface area contributed by atoms with Crippen molar-refractivity contribution in [1.29, 1.82) is 0 Å². The molecule has 1 amide bonds. The van der Waals surface area contributed by atoms with Crippen LogP contribution < -0.4 is 10.2 Å². The number of carbonyl (C=O) groups excluding carboxylic acids is 1. The van der Waals surface area contributed by atoms with Crippen molar-refractivity contribution in [2.45, 2.75) is 12.8 Å². The molecule has 0 unspecified atom stereocenters. The summed E-state index contributed by atoms with van der Waals surface area (Å²) in [6.07, 6.45) is 2.39. The van der Waals surface area contributed by atoms with Gasteiger partial charge < -0.3 is 10.2 Å². The first-order valence-electron chi connectivity index (χ1n) is 9.06. The third-order valence-electron chi connectivity index (χ3n) is 4.67. The van der Waals surface area contributed by atoms with E-state index in [0.29, 0.717) is 21.3 Å². The number of rotatable bonds is 4. The van der Waals surface area contributed by atoms with Crippen LogP contribution in [-0.4, -0.2) is 29.2 Å². The quantitative estimate of drug-likeness (QED) is 0.631. The highest BCUT2D eigenvalue weighted by molar-refractivity contribution is 6.36. The zero-order valence-electron chi connectivity index (χ0n) is 15.0. The number of hydrogen-bond acceptors (Lipinski definition) is 4. The van der Waals surface area contributed by atoms with Crippen LogP contribution in [0.2, 0.25) is 10.0 Å². The molecule has 1 saturated heterocycles. The molecule has 3 aromatic rings. The number of carbonyl (C=O) groups is 1. The minimum atomic E-state index is -0.319. The molecule has 1 N–H and O–H groups in total. The Morgan fingerprint density at radius 2 is 1.79 bits per heavy atom. The fourth-order valence-corrected chi connectivity index (χ4v) is 3.60. The van der Waals surface area contributed by atoms with Crippen LogP contribution in [0.3, 0.4) is 0 Å². The van der Waals surface area contributed by atoms with Crippen molar-refractivity contribution >= 4 is 40.6 Å². The van der Waals surface area contributed by atoms with Gasteiger partial charge in [0.25, 0.3) is 5.91 Å². The largest absolute Gasteiger partial charge is 0.355 e. The molecule has 142 valence electrons. The highest BCUT2D eigenvalue weighted by atomic mass is 35.5. The van der Waals surface area contributed by atoms with Gasteiger partial charge >= 0.3 is 0 Å². The van der Waals surface area contributed by atoms with Gasteiger partial charge in [0.05, 0.1) is 16.3 Å². The number of nitrogens with one attached hydrogen (secondary N) is 1. The van der Waals surface area contributed by atoms with Gasteiger partial charge in [0.2, 0.25) is 0 Å². The average molecular weight is 413 g/mol. The van der Waals surface area contributed by atoms with Crippen LogP contribution in [0.4, 0.5) is 11.5 Å². The summed E-state index contributed by atoms with van der Waals surface area (Å²) >= 11 is 12.1. The maximum absolute atomic E-state index is 12.5. The van der Waals surface area contributed by atoms with Crippen LogP contribution in [0.1, 0.15) is 23.2 Å². The van der Waals surface area contributed by atoms with Crippen molar-refractivity contribution in [3.8, 4) is 11.3 Å². The number of halogens is 2. The molecule has 28 heavy (non-hydrogen) atoms. The molecule has 2 heterocycles. The molecular formula is C21H18Cl2N4O. The highest BCUT2D eigenvalue weighted by Gasteiger charge is 2.15. The number of benzene rings is 2. The maximum Gasteiger partial charge on any atom is 0.257 e. The van der Waals surface area contributed by atoms with E-state index in [1.807, 2.05) is 36.4 Å². The second-order valence-corrected chi connectivity index (χ2v) is 7.47. The SMILES string of the molecule is O=C(Nc1cccc(-c2ccc(N3CCCC3)nn2)c1)c1cc(Cl)ccc1Cl. The van der Waals surface area contributed by atoms with Gasteiger partial charge in [0.15, 0.2) is 5.82 Å². The zero-order chi connectivity index (χ0) is 19.5. The number of nitrogens with zero attached hydrogens (tertiary/aromatic N) is 3. The standard InChI is InChI=1S/C21H18Cl2N4O/c22-15-6-7-18(23)17(13-15)21(28)24-16-5-3-4-14(12-16)19-8-9-20(26-25-19)27-10-1-2-11-27/h3-9,12-13H,1-2,10-11H2,(H,24,28). The molecule has 0 bridgehead atoms. The first-order chi connectivity index (χ1) is 13.6. The van der Waals surface area contributed by atoms with Crippen molar-refractivity contribution in [2.75, 3.05) is 23.3 Å². The summed E-state index contributed by atoms with van der Waals surface area (Å²) in [7, 11) is 0. The molecule has 7 heteroatoms. The normalized spacial score (nSPS) is 13.6. The Morgan fingerprint density at radius 1 is 0.964 bits per heavy atom. The van der Waals surface area contributed by atoms with Crippen molar-refractivity contribution < 1.29 is 4.79 Å². The van der Waals surface area contributed by atoms with Crippen molar-refractivity contribution in [1.82, 2.24) is 10.2 Å². The Morgan fingerprint density at radius 3 is 2.54 bits per heavy atom. The molecule has 1 fully saturated rings.